The molecule has 2 rings (SSSR count). The second-order valence-electron chi connectivity index (χ2n) is 5.58. The highest BCUT2D eigenvalue weighted by Crippen LogP contribution is 2.19. The quantitative estimate of drug-likeness (QED) is 0.685. The van der Waals surface area contributed by atoms with Gasteiger partial charge >= 0.3 is 0 Å². The Kier molecular flexibility index (Phi) is 3.68. The zero-order valence-corrected chi connectivity index (χ0v) is 10.9. The smallest absolute Gasteiger partial charge is 0.224 e. The van der Waals surface area contributed by atoms with E-state index in [2.05, 4.69) is 20.2 Å². The normalized spacial score (nSPS) is 16.6. The van der Waals surface area contributed by atoms with E-state index in [0.29, 0.717) is 12.5 Å². The Labute approximate surface area is 107 Å². The largest absolute Gasteiger partial charge is 0.396 e. The van der Waals surface area contributed by atoms with Gasteiger partial charge in [-0.3, -0.25) is 0 Å². The van der Waals surface area contributed by atoms with Crippen LogP contribution in [0.1, 0.15) is 13.8 Å². The first-order valence-corrected chi connectivity index (χ1v) is 6.18. The standard InChI is InChI=1S/C12H21N5O/c1-12(2,8-18)7-15-11-14-4-3-10(16-11)17-5-9(13)6-17/h3-4,9,18H,5-8,13H2,1-2H3,(H,14,15,16). The zero-order chi connectivity index (χ0) is 13.2. The molecule has 6 nitrogen and oxygen atoms in total. The van der Waals surface area contributed by atoms with Crippen molar-refractivity contribution in [1.82, 2.24) is 9.97 Å². The van der Waals surface area contributed by atoms with Crippen molar-refractivity contribution in [3.05, 3.63) is 12.3 Å². The van der Waals surface area contributed by atoms with E-state index in [1.807, 2.05) is 19.9 Å². The number of nitrogens with zero attached hydrogens (tertiary/aromatic N) is 3. The van der Waals surface area contributed by atoms with Crippen LogP contribution in [-0.2, 0) is 0 Å². The molecule has 0 bridgehead atoms. The van der Waals surface area contributed by atoms with E-state index in [0.717, 1.165) is 18.9 Å². The van der Waals surface area contributed by atoms with Crippen molar-refractivity contribution in [1.29, 1.82) is 0 Å². The minimum absolute atomic E-state index is 0.126. The lowest BCUT2D eigenvalue weighted by Gasteiger charge is -2.37. The van der Waals surface area contributed by atoms with E-state index in [1.54, 1.807) is 6.20 Å². The summed E-state index contributed by atoms with van der Waals surface area (Å²) in [4.78, 5) is 10.7. The van der Waals surface area contributed by atoms with Gasteiger partial charge in [0.25, 0.3) is 0 Å². The first kappa shape index (κ1) is 13.0. The molecule has 1 aliphatic heterocycles. The van der Waals surface area contributed by atoms with Crippen molar-refractivity contribution in [2.45, 2.75) is 19.9 Å². The average molecular weight is 251 g/mol. The highest BCUT2D eigenvalue weighted by molar-refractivity contribution is 5.45. The third-order valence-corrected chi connectivity index (χ3v) is 3.03. The Morgan fingerprint density at radius 3 is 2.89 bits per heavy atom. The Balaban J connectivity index is 1.95. The second kappa shape index (κ2) is 5.07. The van der Waals surface area contributed by atoms with E-state index in [1.165, 1.54) is 0 Å². The molecule has 100 valence electrons. The molecular formula is C12H21N5O. The minimum atomic E-state index is -0.182. The Hall–Kier alpha value is -1.40. The number of nitrogens with two attached hydrogens (primary N) is 1. The van der Waals surface area contributed by atoms with Crippen molar-refractivity contribution >= 4 is 11.8 Å². The molecule has 0 unspecified atom stereocenters. The predicted octanol–water partition coefficient (Wildman–Crippen LogP) is 0.0543. The number of hydrogen-bond acceptors (Lipinski definition) is 6. The number of aliphatic hydroxyl groups is 1. The fourth-order valence-corrected chi connectivity index (χ4v) is 1.68. The fourth-order valence-electron chi connectivity index (χ4n) is 1.68. The summed E-state index contributed by atoms with van der Waals surface area (Å²) in [5.41, 5.74) is 5.57. The van der Waals surface area contributed by atoms with E-state index >= 15 is 0 Å². The van der Waals surface area contributed by atoms with Gasteiger partial charge in [0, 0.05) is 43.9 Å². The monoisotopic (exact) mass is 251 g/mol. The maximum Gasteiger partial charge on any atom is 0.224 e. The lowest BCUT2D eigenvalue weighted by molar-refractivity contribution is 0.170. The lowest BCUT2D eigenvalue weighted by Crippen LogP contribution is -2.56. The fraction of sp³-hybridized carbons (Fsp3) is 0.667. The predicted molar refractivity (Wildman–Crippen MR) is 71.6 cm³/mol. The van der Waals surface area contributed by atoms with Crippen LogP contribution in [-0.4, -0.2) is 47.4 Å². The molecular weight excluding hydrogens is 230 g/mol. The molecule has 0 saturated carbocycles. The van der Waals surface area contributed by atoms with Gasteiger partial charge < -0.3 is 21.1 Å². The highest BCUT2D eigenvalue weighted by Gasteiger charge is 2.24. The summed E-state index contributed by atoms with van der Waals surface area (Å²) in [7, 11) is 0. The van der Waals surface area contributed by atoms with Gasteiger partial charge in [0.15, 0.2) is 0 Å². The van der Waals surface area contributed by atoms with Crippen LogP contribution >= 0.6 is 0 Å². The van der Waals surface area contributed by atoms with Gasteiger partial charge in [-0.2, -0.15) is 4.98 Å². The van der Waals surface area contributed by atoms with Crippen LogP contribution in [0.2, 0.25) is 0 Å². The number of hydrogen-bond donors (Lipinski definition) is 3. The van der Waals surface area contributed by atoms with Crippen LogP contribution < -0.4 is 16.0 Å². The molecule has 6 heteroatoms. The minimum Gasteiger partial charge on any atom is -0.396 e. The van der Waals surface area contributed by atoms with Gasteiger partial charge in [-0.05, 0) is 6.07 Å². The van der Waals surface area contributed by atoms with Crippen molar-refractivity contribution in [3.63, 3.8) is 0 Å². The van der Waals surface area contributed by atoms with E-state index in [4.69, 9.17) is 5.73 Å². The summed E-state index contributed by atoms with van der Waals surface area (Å²) < 4.78 is 0. The van der Waals surface area contributed by atoms with Crippen LogP contribution in [0.3, 0.4) is 0 Å². The number of anilines is 2. The summed E-state index contributed by atoms with van der Waals surface area (Å²) in [5, 5.41) is 12.3. The molecule has 2 heterocycles. The van der Waals surface area contributed by atoms with Crippen LogP contribution in [0.25, 0.3) is 0 Å². The van der Waals surface area contributed by atoms with Gasteiger partial charge in [-0.15, -0.1) is 0 Å². The SMILES string of the molecule is CC(C)(CO)CNc1nccc(N2CC(N)C2)n1. The summed E-state index contributed by atoms with van der Waals surface area (Å²) >= 11 is 0. The molecule has 0 atom stereocenters. The number of rotatable bonds is 5. The molecule has 1 aliphatic rings. The van der Waals surface area contributed by atoms with E-state index in [-0.39, 0.29) is 18.1 Å². The number of aromatic nitrogens is 2. The lowest BCUT2D eigenvalue weighted by atomic mass is 9.95. The maximum absolute atomic E-state index is 9.19. The average Bonchev–Trinajstić information content (AvgIpc) is 2.33. The number of aliphatic hydroxyl groups excluding tert-OH is 1. The van der Waals surface area contributed by atoms with E-state index in [9.17, 15) is 5.11 Å². The van der Waals surface area contributed by atoms with Gasteiger partial charge in [-0.25, -0.2) is 4.98 Å². The molecule has 1 fully saturated rings. The van der Waals surface area contributed by atoms with Gasteiger partial charge in [-0.1, -0.05) is 13.8 Å². The molecule has 0 amide bonds. The zero-order valence-electron chi connectivity index (χ0n) is 10.9. The van der Waals surface area contributed by atoms with E-state index < -0.39 is 0 Å². The van der Waals surface area contributed by atoms with Gasteiger partial charge in [0.2, 0.25) is 5.95 Å². The summed E-state index contributed by atoms with van der Waals surface area (Å²) in [6.45, 7) is 6.42. The molecule has 0 aromatic carbocycles. The third kappa shape index (κ3) is 3.08. The Morgan fingerprint density at radius 1 is 1.56 bits per heavy atom. The first-order valence-electron chi connectivity index (χ1n) is 6.18. The van der Waals surface area contributed by atoms with Crippen molar-refractivity contribution in [2.75, 3.05) is 36.5 Å². The van der Waals surface area contributed by atoms with Crippen molar-refractivity contribution in [3.8, 4) is 0 Å². The van der Waals surface area contributed by atoms with Crippen LogP contribution in [0.4, 0.5) is 11.8 Å². The van der Waals surface area contributed by atoms with Gasteiger partial charge in [0.05, 0.1) is 0 Å². The van der Waals surface area contributed by atoms with Crippen LogP contribution in [0, 0.1) is 5.41 Å². The van der Waals surface area contributed by atoms with Crippen molar-refractivity contribution in [2.24, 2.45) is 11.1 Å². The molecule has 18 heavy (non-hydrogen) atoms. The molecule has 1 saturated heterocycles. The molecule has 0 spiro atoms. The first-order chi connectivity index (χ1) is 8.50. The van der Waals surface area contributed by atoms with Gasteiger partial charge in [0.1, 0.15) is 5.82 Å². The van der Waals surface area contributed by atoms with Crippen LogP contribution in [0.15, 0.2) is 12.3 Å². The van der Waals surface area contributed by atoms with Crippen molar-refractivity contribution < 1.29 is 5.11 Å². The highest BCUT2D eigenvalue weighted by atomic mass is 16.3. The second-order valence-corrected chi connectivity index (χ2v) is 5.58. The number of nitrogens with one attached hydrogen (secondary N) is 1. The molecule has 0 aliphatic carbocycles. The summed E-state index contributed by atoms with van der Waals surface area (Å²) in [6, 6.07) is 2.14. The van der Waals surface area contributed by atoms with Crippen LogP contribution in [0.5, 0.6) is 0 Å². The Morgan fingerprint density at radius 2 is 2.28 bits per heavy atom. The topological polar surface area (TPSA) is 87.3 Å². The summed E-state index contributed by atoms with van der Waals surface area (Å²) in [5.74, 6) is 1.49. The molecule has 1 aromatic rings. The summed E-state index contributed by atoms with van der Waals surface area (Å²) in [6.07, 6.45) is 1.74. The molecule has 1 aromatic heterocycles. The Bertz CT molecular complexity index is 403. The molecule has 4 N–H and O–H groups in total. The molecule has 0 radical (unpaired) electrons. The maximum atomic E-state index is 9.19. The third-order valence-electron chi connectivity index (χ3n) is 3.03.